The van der Waals surface area contributed by atoms with Crippen molar-refractivity contribution in [3.8, 4) is 0 Å². The molecule has 7 nitrogen and oxygen atoms in total. The Kier molecular flexibility index (Phi) is 7.08. The van der Waals surface area contributed by atoms with E-state index < -0.39 is 9.85 Å². The Morgan fingerprint density at radius 3 is 1.54 bits per heavy atom. The van der Waals surface area contributed by atoms with Crippen molar-refractivity contribution in [1.82, 2.24) is 0 Å². The molecule has 0 aromatic heterocycles. The second kappa shape index (κ2) is 9.50. The van der Waals surface area contributed by atoms with Crippen molar-refractivity contribution in [1.29, 1.82) is 0 Å². The first-order chi connectivity index (χ1) is 12.5. The summed E-state index contributed by atoms with van der Waals surface area (Å²) in [6.07, 6.45) is 5.63. The van der Waals surface area contributed by atoms with Crippen molar-refractivity contribution in [2.24, 2.45) is 0 Å². The smallest absolute Gasteiger partial charge is 0.269 e. The monoisotopic (exact) mass is 357 g/mol. The van der Waals surface area contributed by atoms with Crippen molar-refractivity contribution in [3.05, 3.63) is 68.8 Å². The molecular weight excluding hydrogens is 334 g/mol. The van der Waals surface area contributed by atoms with Gasteiger partial charge < -0.3 is 4.90 Å². The molecule has 0 heterocycles. The van der Waals surface area contributed by atoms with Crippen LogP contribution in [0.1, 0.15) is 39.0 Å². The number of hydrogen-bond donors (Lipinski definition) is 0. The number of anilines is 2. The van der Waals surface area contributed by atoms with Crippen LogP contribution in [-0.2, 0) is 0 Å². The van der Waals surface area contributed by atoms with Crippen molar-refractivity contribution in [3.63, 3.8) is 0 Å². The summed E-state index contributed by atoms with van der Waals surface area (Å²) in [4.78, 5) is 22.9. The maximum atomic E-state index is 10.9. The lowest BCUT2D eigenvalue weighted by Gasteiger charge is -2.25. The highest BCUT2D eigenvalue weighted by molar-refractivity contribution is 5.65. The first kappa shape index (κ1) is 19.4. The Morgan fingerprint density at radius 1 is 0.731 bits per heavy atom. The molecule has 7 heteroatoms. The van der Waals surface area contributed by atoms with Gasteiger partial charge in [0.05, 0.1) is 9.85 Å². The molecule has 0 unspecified atom stereocenters. The minimum absolute atomic E-state index is 0.0420. The van der Waals surface area contributed by atoms with E-state index in [1.807, 2.05) is 4.90 Å². The summed E-state index contributed by atoms with van der Waals surface area (Å²) >= 11 is 0. The summed E-state index contributed by atoms with van der Waals surface area (Å²) in [6.45, 7) is 2.92. The first-order valence-corrected chi connectivity index (χ1v) is 8.79. The SMILES string of the molecule is CCCCCCCN(c1ccc([N+](=O)[O-])cc1)c1ccc([N+](=O)[O-])cc1. The van der Waals surface area contributed by atoms with E-state index in [4.69, 9.17) is 0 Å². The van der Waals surface area contributed by atoms with Crippen LogP contribution in [0.5, 0.6) is 0 Å². The Morgan fingerprint density at radius 2 is 1.15 bits per heavy atom. The number of non-ortho nitro benzene ring substituents is 2. The van der Waals surface area contributed by atoms with Gasteiger partial charge in [0.25, 0.3) is 11.4 Å². The summed E-state index contributed by atoms with van der Waals surface area (Å²) in [5, 5.41) is 21.7. The summed E-state index contributed by atoms with van der Waals surface area (Å²) in [7, 11) is 0. The van der Waals surface area contributed by atoms with Gasteiger partial charge in [0.15, 0.2) is 0 Å². The summed E-state index contributed by atoms with van der Waals surface area (Å²) in [5.74, 6) is 0. The van der Waals surface area contributed by atoms with Gasteiger partial charge in [-0.25, -0.2) is 0 Å². The Hall–Kier alpha value is -2.96. The standard InChI is InChI=1S/C19H23N3O4/c1-2-3-4-5-6-15-20(16-7-11-18(12-8-16)21(23)24)17-9-13-19(14-10-17)22(25)26/h7-14H,2-6,15H2,1H3. The van der Waals surface area contributed by atoms with E-state index in [2.05, 4.69) is 6.92 Å². The van der Waals surface area contributed by atoms with Gasteiger partial charge in [0.2, 0.25) is 0 Å². The number of nitro benzene ring substituents is 2. The number of hydrogen-bond acceptors (Lipinski definition) is 5. The van der Waals surface area contributed by atoms with Crippen LogP contribution in [0.25, 0.3) is 0 Å². The van der Waals surface area contributed by atoms with E-state index in [-0.39, 0.29) is 11.4 Å². The number of benzene rings is 2. The Balaban J connectivity index is 2.20. The minimum Gasteiger partial charge on any atom is -0.341 e. The lowest BCUT2D eigenvalue weighted by molar-refractivity contribution is -0.385. The highest BCUT2D eigenvalue weighted by atomic mass is 16.6. The molecule has 0 amide bonds. The van der Waals surface area contributed by atoms with E-state index in [1.54, 1.807) is 24.3 Å². The van der Waals surface area contributed by atoms with Crippen molar-refractivity contribution >= 4 is 22.7 Å². The lowest BCUT2D eigenvalue weighted by Crippen LogP contribution is -2.18. The van der Waals surface area contributed by atoms with Crippen LogP contribution in [0.3, 0.4) is 0 Å². The van der Waals surface area contributed by atoms with Gasteiger partial charge in [-0.2, -0.15) is 0 Å². The fourth-order valence-electron chi connectivity index (χ4n) is 2.79. The molecule has 0 radical (unpaired) electrons. The summed E-state index contributed by atoms with van der Waals surface area (Å²) in [5.41, 5.74) is 1.75. The number of nitrogens with zero attached hydrogens (tertiary/aromatic N) is 3. The molecule has 2 aromatic carbocycles. The molecule has 26 heavy (non-hydrogen) atoms. The molecule has 0 aliphatic carbocycles. The Labute approximate surface area is 152 Å². The van der Waals surface area contributed by atoms with Crippen LogP contribution in [0.15, 0.2) is 48.5 Å². The zero-order valence-corrected chi connectivity index (χ0v) is 14.8. The highest BCUT2D eigenvalue weighted by Crippen LogP contribution is 2.29. The predicted octanol–water partition coefficient (Wildman–Crippen LogP) is 5.61. The minimum atomic E-state index is -0.426. The maximum Gasteiger partial charge on any atom is 0.269 e. The predicted molar refractivity (Wildman–Crippen MR) is 102 cm³/mol. The third-order valence-corrected chi connectivity index (χ3v) is 4.23. The number of nitro groups is 2. The number of rotatable bonds is 10. The van der Waals surface area contributed by atoms with Gasteiger partial charge >= 0.3 is 0 Å². The van der Waals surface area contributed by atoms with Gasteiger partial charge in [-0.05, 0) is 30.7 Å². The van der Waals surface area contributed by atoms with Crippen LogP contribution in [0.2, 0.25) is 0 Å². The number of unbranched alkanes of at least 4 members (excludes halogenated alkanes) is 4. The summed E-state index contributed by atoms with van der Waals surface area (Å²) < 4.78 is 0. The van der Waals surface area contributed by atoms with Crippen LogP contribution >= 0.6 is 0 Å². The average molecular weight is 357 g/mol. The fraction of sp³-hybridized carbons (Fsp3) is 0.368. The van der Waals surface area contributed by atoms with Gasteiger partial charge in [-0.15, -0.1) is 0 Å². The van der Waals surface area contributed by atoms with E-state index in [0.29, 0.717) is 0 Å². The van der Waals surface area contributed by atoms with Crippen molar-refractivity contribution < 1.29 is 9.85 Å². The normalized spacial score (nSPS) is 10.5. The van der Waals surface area contributed by atoms with Crippen molar-refractivity contribution in [2.45, 2.75) is 39.0 Å². The van der Waals surface area contributed by atoms with E-state index in [1.165, 1.54) is 43.5 Å². The van der Waals surface area contributed by atoms with Gasteiger partial charge in [-0.1, -0.05) is 32.6 Å². The lowest BCUT2D eigenvalue weighted by atomic mass is 10.1. The van der Waals surface area contributed by atoms with Crippen LogP contribution in [0, 0.1) is 20.2 Å². The highest BCUT2D eigenvalue weighted by Gasteiger charge is 2.13. The van der Waals surface area contributed by atoms with Crippen LogP contribution in [-0.4, -0.2) is 16.4 Å². The maximum absolute atomic E-state index is 10.9. The van der Waals surface area contributed by atoms with Crippen molar-refractivity contribution in [2.75, 3.05) is 11.4 Å². The second-order valence-corrected chi connectivity index (χ2v) is 6.11. The fourth-order valence-corrected chi connectivity index (χ4v) is 2.79. The molecule has 0 bridgehead atoms. The van der Waals surface area contributed by atoms with Gasteiger partial charge in [0, 0.05) is 42.2 Å². The third kappa shape index (κ3) is 5.27. The third-order valence-electron chi connectivity index (χ3n) is 4.23. The average Bonchev–Trinajstić information content (AvgIpc) is 2.65. The van der Waals surface area contributed by atoms with Gasteiger partial charge in [-0.3, -0.25) is 20.2 Å². The van der Waals surface area contributed by atoms with E-state index in [0.717, 1.165) is 30.8 Å². The molecular formula is C19H23N3O4. The molecule has 0 aliphatic heterocycles. The molecule has 2 aromatic rings. The molecule has 0 aliphatic rings. The molecule has 0 saturated carbocycles. The molecule has 0 saturated heterocycles. The molecule has 138 valence electrons. The van der Waals surface area contributed by atoms with E-state index in [9.17, 15) is 20.2 Å². The molecule has 2 rings (SSSR count). The largest absolute Gasteiger partial charge is 0.341 e. The topological polar surface area (TPSA) is 89.5 Å². The van der Waals surface area contributed by atoms with Gasteiger partial charge in [0.1, 0.15) is 0 Å². The van der Waals surface area contributed by atoms with Crippen LogP contribution in [0.4, 0.5) is 22.7 Å². The quantitative estimate of drug-likeness (QED) is 0.313. The Bertz CT molecular complexity index is 672. The zero-order chi connectivity index (χ0) is 18.9. The molecule has 0 fully saturated rings. The molecule has 0 spiro atoms. The zero-order valence-electron chi connectivity index (χ0n) is 14.8. The second-order valence-electron chi connectivity index (χ2n) is 6.11. The summed E-state index contributed by atoms with van der Waals surface area (Å²) in [6, 6.07) is 12.8. The molecule has 0 N–H and O–H groups in total. The van der Waals surface area contributed by atoms with Crippen LogP contribution < -0.4 is 4.90 Å². The molecule has 0 atom stereocenters. The van der Waals surface area contributed by atoms with E-state index >= 15 is 0 Å². The first-order valence-electron chi connectivity index (χ1n) is 8.79.